The van der Waals surface area contributed by atoms with Gasteiger partial charge in [-0.25, -0.2) is 13.6 Å². The Morgan fingerprint density at radius 2 is 2.05 bits per heavy atom. The molecule has 1 amide bonds. The van der Waals surface area contributed by atoms with Crippen LogP contribution in [0.25, 0.3) is 0 Å². The number of rotatable bonds is 4. The van der Waals surface area contributed by atoms with Gasteiger partial charge in [-0.3, -0.25) is 9.48 Å². The van der Waals surface area contributed by atoms with Crippen molar-refractivity contribution in [1.29, 1.82) is 0 Å². The van der Waals surface area contributed by atoms with Crippen molar-refractivity contribution in [2.24, 2.45) is 0 Å². The molecule has 1 atom stereocenters. The van der Waals surface area contributed by atoms with Crippen molar-refractivity contribution in [2.75, 3.05) is 5.32 Å². The van der Waals surface area contributed by atoms with Crippen molar-refractivity contribution in [3.8, 4) is 0 Å². The number of anilines is 1. The first-order valence-corrected chi connectivity index (χ1v) is 5.93. The largest absolute Gasteiger partial charge is 0.476 e. The number of carboxylic acids is 1. The van der Waals surface area contributed by atoms with Crippen LogP contribution in [0.1, 0.15) is 23.5 Å². The highest BCUT2D eigenvalue weighted by atomic mass is 19.1. The molecule has 2 aromatic rings. The Morgan fingerprint density at radius 1 is 1.33 bits per heavy atom. The summed E-state index contributed by atoms with van der Waals surface area (Å²) in [5.41, 5.74) is -0.374. The molecule has 8 heteroatoms. The summed E-state index contributed by atoms with van der Waals surface area (Å²) in [6, 6.07) is 3.14. The maximum Gasteiger partial charge on any atom is 0.356 e. The third kappa shape index (κ3) is 3.22. The van der Waals surface area contributed by atoms with Gasteiger partial charge in [-0.05, 0) is 25.1 Å². The zero-order valence-corrected chi connectivity index (χ0v) is 10.9. The molecule has 110 valence electrons. The lowest BCUT2D eigenvalue weighted by Crippen LogP contribution is -2.24. The fourth-order valence-electron chi connectivity index (χ4n) is 1.62. The number of hydrogen-bond acceptors (Lipinski definition) is 3. The number of aromatic nitrogens is 2. The number of aromatic carboxylic acids is 1. The first kappa shape index (κ1) is 14.6. The van der Waals surface area contributed by atoms with E-state index in [4.69, 9.17) is 5.11 Å². The van der Waals surface area contributed by atoms with E-state index < -0.39 is 29.6 Å². The van der Waals surface area contributed by atoms with E-state index in [9.17, 15) is 18.4 Å². The minimum absolute atomic E-state index is 0.168. The van der Waals surface area contributed by atoms with Crippen molar-refractivity contribution in [3.63, 3.8) is 0 Å². The second-order valence-electron chi connectivity index (χ2n) is 4.28. The predicted molar refractivity (Wildman–Crippen MR) is 68.9 cm³/mol. The Balaban J connectivity index is 2.13. The Hall–Kier alpha value is -2.77. The molecule has 0 fully saturated rings. The summed E-state index contributed by atoms with van der Waals surface area (Å²) in [5.74, 6) is -3.48. The van der Waals surface area contributed by atoms with Crippen LogP contribution in [0.2, 0.25) is 0 Å². The van der Waals surface area contributed by atoms with Crippen LogP contribution in [-0.2, 0) is 4.79 Å². The number of halogens is 2. The quantitative estimate of drug-likeness (QED) is 0.904. The van der Waals surface area contributed by atoms with Gasteiger partial charge >= 0.3 is 5.97 Å². The molecule has 0 bridgehead atoms. The lowest BCUT2D eigenvalue weighted by atomic mass is 10.2. The lowest BCUT2D eigenvalue weighted by Gasteiger charge is -2.13. The molecule has 0 radical (unpaired) electrons. The monoisotopic (exact) mass is 295 g/mol. The summed E-state index contributed by atoms with van der Waals surface area (Å²) < 4.78 is 27.3. The van der Waals surface area contributed by atoms with Crippen LogP contribution in [0.5, 0.6) is 0 Å². The molecule has 6 nitrogen and oxygen atoms in total. The van der Waals surface area contributed by atoms with Crippen LogP contribution in [0.15, 0.2) is 30.5 Å². The number of nitrogens with one attached hydrogen (secondary N) is 1. The molecule has 1 aromatic heterocycles. The highest BCUT2D eigenvalue weighted by molar-refractivity contribution is 5.93. The second-order valence-corrected chi connectivity index (χ2v) is 4.28. The van der Waals surface area contributed by atoms with E-state index in [0.29, 0.717) is 6.07 Å². The van der Waals surface area contributed by atoms with Crippen molar-refractivity contribution < 1.29 is 23.5 Å². The number of benzene rings is 1. The van der Waals surface area contributed by atoms with Gasteiger partial charge in [0.05, 0.1) is 5.69 Å². The molecule has 0 aliphatic rings. The first-order chi connectivity index (χ1) is 9.88. The number of hydrogen-bond donors (Lipinski definition) is 2. The Morgan fingerprint density at radius 3 is 2.62 bits per heavy atom. The van der Waals surface area contributed by atoms with Gasteiger partial charge in [0.25, 0.3) is 0 Å². The molecule has 0 aliphatic carbocycles. The molecule has 2 N–H and O–H groups in total. The fraction of sp³-hybridized carbons (Fsp3) is 0.154. The smallest absolute Gasteiger partial charge is 0.356 e. The van der Waals surface area contributed by atoms with E-state index in [1.165, 1.54) is 19.2 Å². The number of carbonyl (C=O) groups excluding carboxylic acids is 1. The van der Waals surface area contributed by atoms with Crippen LogP contribution < -0.4 is 5.32 Å². The van der Waals surface area contributed by atoms with Gasteiger partial charge in [0.15, 0.2) is 5.69 Å². The summed E-state index contributed by atoms with van der Waals surface area (Å²) in [7, 11) is 0. The Bertz CT molecular complexity index is 700. The van der Waals surface area contributed by atoms with Crippen LogP contribution in [0, 0.1) is 11.6 Å². The van der Waals surface area contributed by atoms with Gasteiger partial charge in [-0.15, -0.1) is 0 Å². The molecule has 1 unspecified atom stereocenters. The minimum Gasteiger partial charge on any atom is -0.476 e. The molecule has 0 spiro atoms. The Kier molecular flexibility index (Phi) is 3.97. The van der Waals surface area contributed by atoms with E-state index in [0.717, 1.165) is 16.8 Å². The van der Waals surface area contributed by atoms with Gasteiger partial charge in [-0.2, -0.15) is 5.10 Å². The fourth-order valence-corrected chi connectivity index (χ4v) is 1.62. The molecule has 0 saturated heterocycles. The van der Waals surface area contributed by atoms with E-state index in [1.807, 2.05) is 0 Å². The maximum absolute atomic E-state index is 13.4. The molecule has 0 saturated carbocycles. The van der Waals surface area contributed by atoms with Gasteiger partial charge in [0.1, 0.15) is 17.7 Å². The van der Waals surface area contributed by atoms with Crippen molar-refractivity contribution >= 4 is 17.6 Å². The summed E-state index contributed by atoms with van der Waals surface area (Å²) in [4.78, 5) is 22.7. The zero-order valence-electron chi connectivity index (χ0n) is 10.9. The lowest BCUT2D eigenvalue weighted by molar-refractivity contribution is -0.119. The molecular weight excluding hydrogens is 284 g/mol. The van der Waals surface area contributed by atoms with E-state index in [-0.39, 0.29) is 11.4 Å². The second kappa shape index (κ2) is 5.70. The number of nitrogens with zero attached hydrogens (tertiary/aromatic N) is 2. The van der Waals surface area contributed by atoms with E-state index in [2.05, 4.69) is 10.4 Å². The van der Waals surface area contributed by atoms with Gasteiger partial charge in [-0.1, -0.05) is 0 Å². The summed E-state index contributed by atoms with van der Waals surface area (Å²) in [5, 5.41) is 14.8. The van der Waals surface area contributed by atoms with Crippen molar-refractivity contribution in [2.45, 2.75) is 13.0 Å². The van der Waals surface area contributed by atoms with Crippen molar-refractivity contribution in [1.82, 2.24) is 9.78 Å². The molecule has 1 heterocycles. The molecule has 1 aromatic carbocycles. The highest BCUT2D eigenvalue weighted by Crippen LogP contribution is 2.17. The third-order valence-corrected chi connectivity index (χ3v) is 2.79. The standard InChI is InChI=1S/C13H11F2N3O3/c1-7(18-5-4-11(17-18)13(20)21)12(19)16-10-3-2-8(14)6-9(10)15/h2-7H,1H3,(H,16,19)(H,20,21). The van der Waals surface area contributed by atoms with E-state index >= 15 is 0 Å². The maximum atomic E-state index is 13.4. The summed E-state index contributed by atoms with van der Waals surface area (Å²) in [6.45, 7) is 1.47. The number of amides is 1. The SMILES string of the molecule is CC(C(=O)Nc1ccc(F)cc1F)n1ccc(C(=O)O)n1. The highest BCUT2D eigenvalue weighted by Gasteiger charge is 2.19. The van der Waals surface area contributed by atoms with Crippen LogP contribution >= 0.6 is 0 Å². The zero-order chi connectivity index (χ0) is 15.6. The first-order valence-electron chi connectivity index (χ1n) is 5.93. The number of carboxylic acid groups (broad SMARTS) is 1. The average Bonchev–Trinajstić information content (AvgIpc) is 2.90. The van der Waals surface area contributed by atoms with Gasteiger partial charge in [0, 0.05) is 12.3 Å². The minimum atomic E-state index is -1.22. The summed E-state index contributed by atoms with van der Waals surface area (Å²) >= 11 is 0. The van der Waals surface area contributed by atoms with Crippen LogP contribution in [0.3, 0.4) is 0 Å². The molecular formula is C13H11F2N3O3. The Labute approximate surface area is 118 Å². The normalized spacial score (nSPS) is 12.0. The van der Waals surface area contributed by atoms with Crippen molar-refractivity contribution in [3.05, 3.63) is 47.8 Å². The number of carbonyl (C=O) groups is 2. The van der Waals surface area contributed by atoms with E-state index in [1.54, 1.807) is 0 Å². The molecule has 21 heavy (non-hydrogen) atoms. The third-order valence-electron chi connectivity index (χ3n) is 2.79. The predicted octanol–water partition coefficient (Wildman–Crippen LogP) is 2.06. The topological polar surface area (TPSA) is 84.2 Å². The average molecular weight is 295 g/mol. The molecule has 0 aliphatic heterocycles. The van der Waals surface area contributed by atoms with Gasteiger partial charge in [0.2, 0.25) is 5.91 Å². The van der Waals surface area contributed by atoms with Crippen LogP contribution in [0.4, 0.5) is 14.5 Å². The van der Waals surface area contributed by atoms with Crippen LogP contribution in [-0.4, -0.2) is 26.8 Å². The molecule has 2 rings (SSSR count). The summed E-state index contributed by atoms with van der Waals surface area (Å²) in [6.07, 6.45) is 1.33. The van der Waals surface area contributed by atoms with Gasteiger partial charge < -0.3 is 10.4 Å².